The zero-order valence-corrected chi connectivity index (χ0v) is 14.6. The maximum Gasteiger partial charge on any atom is 0.338 e. The molecule has 1 aromatic rings. The predicted molar refractivity (Wildman–Crippen MR) is 94.0 cm³/mol. The summed E-state index contributed by atoms with van der Waals surface area (Å²) in [5.41, 5.74) is 0.624. The highest BCUT2D eigenvalue weighted by Crippen LogP contribution is 2.14. The van der Waals surface area contributed by atoms with E-state index in [0.717, 1.165) is 38.9 Å². The third-order valence-corrected chi connectivity index (χ3v) is 4.22. The maximum atomic E-state index is 11.7. The van der Waals surface area contributed by atoms with Crippen molar-refractivity contribution in [2.75, 3.05) is 19.8 Å². The van der Waals surface area contributed by atoms with E-state index in [2.05, 4.69) is 0 Å². The quantitative estimate of drug-likeness (QED) is 0.433. The molecule has 0 saturated carbocycles. The highest BCUT2D eigenvalue weighted by Gasteiger charge is 2.13. The first-order chi connectivity index (χ1) is 11.9. The molecule has 0 N–H and O–H groups in total. The Morgan fingerprint density at radius 2 is 1.67 bits per heavy atom. The number of hydrogen-bond donors (Lipinski definition) is 0. The second-order valence-electron chi connectivity index (χ2n) is 6.29. The lowest BCUT2D eigenvalue weighted by molar-refractivity contribution is -0.162. The number of hydrogen-bond acceptors (Lipinski definition) is 4. The lowest BCUT2D eigenvalue weighted by Crippen LogP contribution is -2.22. The standard InChI is InChI=1S/C20H30O4/c21-20(18-12-6-5-7-13-18)24-17-10-4-2-1-3-9-15-22-19-14-8-11-16-23-19/h5-7,12-13,19H,1-4,8-11,14-17H2. The van der Waals surface area contributed by atoms with E-state index in [1.165, 1.54) is 32.1 Å². The fourth-order valence-electron chi connectivity index (χ4n) is 2.79. The number of benzene rings is 1. The van der Waals surface area contributed by atoms with Crippen molar-refractivity contribution in [1.82, 2.24) is 0 Å². The number of carbonyl (C=O) groups is 1. The van der Waals surface area contributed by atoms with E-state index in [4.69, 9.17) is 14.2 Å². The minimum Gasteiger partial charge on any atom is -0.462 e. The molecule has 1 aliphatic rings. The van der Waals surface area contributed by atoms with Crippen LogP contribution in [0.1, 0.15) is 68.1 Å². The average Bonchev–Trinajstić information content (AvgIpc) is 2.64. The third-order valence-electron chi connectivity index (χ3n) is 4.22. The van der Waals surface area contributed by atoms with E-state index < -0.39 is 0 Å². The molecule has 1 heterocycles. The Morgan fingerprint density at radius 3 is 2.38 bits per heavy atom. The van der Waals surface area contributed by atoms with Gasteiger partial charge in [0.2, 0.25) is 0 Å². The highest BCUT2D eigenvalue weighted by atomic mass is 16.7. The second-order valence-corrected chi connectivity index (χ2v) is 6.29. The van der Waals surface area contributed by atoms with Crippen LogP contribution < -0.4 is 0 Å². The Hall–Kier alpha value is -1.39. The predicted octanol–water partition coefficient (Wildman–Crippen LogP) is 4.73. The van der Waals surface area contributed by atoms with Crippen LogP contribution in [0.5, 0.6) is 0 Å². The Morgan fingerprint density at radius 1 is 0.958 bits per heavy atom. The molecule has 0 bridgehead atoms. The molecule has 4 heteroatoms. The van der Waals surface area contributed by atoms with Crippen LogP contribution in [-0.4, -0.2) is 32.1 Å². The molecule has 2 rings (SSSR count). The third kappa shape index (κ3) is 7.93. The summed E-state index contributed by atoms with van der Waals surface area (Å²) in [5.74, 6) is -0.224. The van der Waals surface area contributed by atoms with Gasteiger partial charge in [0.05, 0.1) is 12.2 Å². The van der Waals surface area contributed by atoms with Crippen molar-refractivity contribution in [2.24, 2.45) is 0 Å². The van der Waals surface area contributed by atoms with Crippen LogP contribution in [-0.2, 0) is 14.2 Å². The first-order valence-electron chi connectivity index (χ1n) is 9.31. The normalized spacial score (nSPS) is 17.6. The van der Waals surface area contributed by atoms with E-state index in [1.807, 2.05) is 18.2 Å². The number of ether oxygens (including phenoxy) is 3. The van der Waals surface area contributed by atoms with Crippen molar-refractivity contribution in [3.63, 3.8) is 0 Å². The fourth-order valence-corrected chi connectivity index (χ4v) is 2.79. The van der Waals surface area contributed by atoms with Gasteiger partial charge in [0.25, 0.3) is 0 Å². The average molecular weight is 334 g/mol. The summed E-state index contributed by atoms with van der Waals surface area (Å²) in [6.45, 7) is 2.16. The lowest BCUT2D eigenvalue weighted by Gasteiger charge is -2.22. The summed E-state index contributed by atoms with van der Waals surface area (Å²) in [5, 5.41) is 0. The van der Waals surface area contributed by atoms with Gasteiger partial charge in [-0.2, -0.15) is 0 Å². The molecular formula is C20H30O4. The molecular weight excluding hydrogens is 304 g/mol. The van der Waals surface area contributed by atoms with Gasteiger partial charge in [-0.05, 0) is 44.2 Å². The van der Waals surface area contributed by atoms with E-state index in [9.17, 15) is 4.79 Å². The molecule has 4 nitrogen and oxygen atoms in total. The maximum absolute atomic E-state index is 11.7. The molecule has 1 atom stereocenters. The number of rotatable bonds is 11. The van der Waals surface area contributed by atoms with Crippen molar-refractivity contribution < 1.29 is 19.0 Å². The second kappa shape index (κ2) is 12.0. The van der Waals surface area contributed by atoms with Crippen LogP contribution in [0.25, 0.3) is 0 Å². The molecule has 134 valence electrons. The monoisotopic (exact) mass is 334 g/mol. The van der Waals surface area contributed by atoms with Crippen molar-refractivity contribution in [3.8, 4) is 0 Å². The largest absolute Gasteiger partial charge is 0.462 e. The molecule has 0 radical (unpaired) electrons. The highest BCUT2D eigenvalue weighted by molar-refractivity contribution is 5.89. The molecule has 0 aromatic heterocycles. The summed E-state index contributed by atoms with van der Waals surface area (Å²) >= 11 is 0. The molecule has 1 unspecified atom stereocenters. The topological polar surface area (TPSA) is 44.8 Å². The van der Waals surface area contributed by atoms with Crippen molar-refractivity contribution in [1.29, 1.82) is 0 Å². The van der Waals surface area contributed by atoms with E-state index in [0.29, 0.717) is 12.2 Å². The van der Waals surface area contributed by atoms with Gasteiger partial charge in [0, 0.05) is 13.2 Å². The van der Waals surface area contributed by atoms with Crippen LogP contribution in [0.3, 0.4) is 0 Å². The van der Waals surface area contributed by atoms with Crippen molar-refractivity contribution >= 4 is 5.97 Å². The smallest absolute Gasteiger partial charge is 0.338 e. The Balaban J connectivity index is 1.36. The number of carbonyl (C=O) groups excluding carboxylic acids is 1. The van der Waals surface area contributed by atoms with Gasteiger partial charge in [-0.3, -0.25) is 0 Å². The van der Waals surface area contributed by atoms with Gasteiger partial charge < -0.3 is 14.2 Å². The van der Waals surface area contributed by atoms with Crippen LogP contribution in [0.2, 0.25) is 0 Å². The van der Waals surface area contributed by atoms with Crippen LogP contribution in [0.4, 0.5) is 0 Å². The van der Waals surface area contributed by atoms with Crippen LogP contribution in [0, 0.1) is 0 Å². The van der Waals surface area contributed by atoms with E-state index in [1.54, 1.807) is 12.1 Å². The summed E-state index contributed by atoms with van der Waals surface area (Å²) in [4.78, 5) is 11.7. The summed E-state index contributed by atoms with van der Waals surface area (Å²) in [7, 11) is 0. The van der Waals surface area contributed by atoms with Crippen LogP contribution >= 0.6 is 0 Å². The van der Waals surface area contributed by atoms with E-state index in [-0.39, 0.29) is 12.3 Å². The number of unbranched alkanes of at least 4 members (excludes halogenated alkanes) is 5. The summed E-state index contributed by atoms with van der Waals surface area (Å²) in [6.07, 6.45) is 10.2. The zero-order valence-electron chi connectivity index (χ0n) is 14.6. The first-order valence-corrected chi connectivity index (χ1v) is 9.31. The van der Waals surface area contributed by atoms with Crippen molar-refractivity contribution in [2.45, 2.75) is 64.1 Å². The van der Waals surface area contributed by atoms with Gasteiger partial charge in [0.1, 0.15) is 0 Å². The number of esters is 1. The zero-order chi connectivity index (χ0) is 16.9. The van der Waals surface area contributed by atoms with Crippen molar-refractivity contribution in [3.05, 3.63) is 35.9 Å². The fraction of sp³-hybridized carbons (Fsp3) is 0.650. The van der Waals surface area contributed by atoms with Gasteiger partial charge >= 0.3 is 5.97 Å². The van der Waals surface area contributed by atoms with Gasteiger partial charge in [-0.25, -0.2) is 4.79 Å². The summed E-state index contributed by atoms with van der Waals surface area (Å²) in [6, 6.07) is 9.15. The summed E-state index contributed by atoms with van der Waals surface area (Å²) < 4.78 is 16.5. The molecule has 0 spiro atoms. The lowest BCUT2D eigenvalue weighted by atomic mass is 10.1. The van der Waals surface area contributed by atoms with Gasteiger partial charge in [0.15, 0.2) is 6.29 Å². The van der Waals surface area contributed by atoms with Crippen LogP contribution in [0.15, 0.2) is 30.3 Å². The molecule has 0 amide bonds. The molecule has 1 saturated heterocycles. The molecule has 1 aromatic carbocycles. The van der Waals surface area contributed by atoms with Gasteiger partial charge in [-0.1, -0.05) is 43.9 Å². The Kier molecular flexibility index (Phi) is 9.50. The SMILES string of the molecule is O=C(OCCCCCCCCOC1CCCCO1)c1ccccc1. The molecule has 24 heavy (non-hydrogen) atoms. The minimum atomic E-state index is -0.224. The first kappa shape index (κ1) is 18.9. The Bertz CT molecular complexity index is 440. The van der Waals surface area contributed by atoms with E-state index >= 15 is 0 Å². The molecule has 1 aliphatic heterocycles. The van der Waals surface area contributed by atoms with Gasteiger partial charge in [-0.15, -0.1) is 0 Å². The Labute approximate surface area is 145 Å². The minimum absolute atomic E-state index is 0.0399. The molecule has 1 fully saturated rings. The molecule has 0 aliphatic carbocycles.